The highest BCUT2D eigenvalue weighted by atomic mass is 16.3. The number of aromatic amines is 1. The number of aliphatic hydroxyl groups is 1. The Labute approximate surface area is 89.9 Å². The smallest absolute Gasteiger partial charge is 0.0831 e. The largest absolute Gasteiger partial charge is 0.390 e. The zero-order valence-corrected chi connectivity index (χ0v) is 9.46. The second-order valence-electron chi connectivity index (χ2n) is 5.00. The van der Waals surface area contributed by atoms with Gasteiger partial charge in [-0.05, 0) is 29.2 Å². The lowest BCUT2D eigenvalue weighted by Crippen LogP contribution is -2.10. The maximum atomic E-state index is 9.04. The molecule has 0 saturated heterocycles. The maximum absolute atomic E-state index is 9.04. The normalized spacial score (nSPS) is 12.3. The predicted octanol–water partition coefficient (Wildman–Crippen LogP) is 2.96. The van der Waals surface area contributed by atoms with Gasteiger partial charge in [-0.3, -0.25) is 0 Å². The Balaban J connectivity index is 2.55. The van der Waals surface area contributed by atoms with E-state index in [1.807, 2.05) is 6.07 Å². The van der Waals surface area contributed by atoms with Gasteiger partial charge in [-0.25, -0.2) is 0 Å². The third kappa shape index (κ3) is 1.90. The predicted molar refractivity (Wildman–Crippen MR) is 62.9 cm³/mol. The average Bonchev–Trinajstić information content (AvgIpc) is 2.57. The first-order chi connectivity index (χ1) is 7.00. The molecule has 1 heterocycles. The van der Waals surface area contributed by atoms with E-state index in [1.165, 1.54) is 10.9 Å². The summed E-state index contributed by atoms with van der Waals surface area (Å²) in [7, 11) is 0. The van der Waals surface area contributed by atoms with Crippen molar-refractivity contribution in [2.24, 2.45) is 0 Å². The maximum Gasteiger partial charge on any atom is 0.0831 e. The van der Waals surface area contributed by atoms with Crippen molar-refractivity contribution in [2.45, 2.75) is 32.8 Å². The zero-order valence-electron chi connectivity index (χ0n) is 9.46. The molecule has 2 rings (SSSR count). The van der Waals surface area contributed by atoms with E-state index in [4.69, 9.17) is 5.11 Å². The number of nitrogens with one attached hydrogen (secondary N) is 1. The molecule has 80 valence electrons. The van der Waals surface area contributed by atoms with Crippen LogP contribution < -0.4 is 0 Å². The second kappa shape index (κ2) is 3.38. The lowest BCUT2D eigenvalue weighted by molar-refractivity contribution is 0.278. The quantitative estimate of drug-likeness (QED) is 0.734. The zero-order chi connectivity index (χ0) is 11.1. The monoisotopic (exact) mass is 203 g/mol. The number of hydrogen-bond donors (Lipinski definition) is 2. The van der Waals surface area contributed by atoms with E-state index in [9.17, 15) is 0 Å². The van der Waals surface area contributed by atoms with Gasteiger partial charge in [-0.2, -0.15) is 0 Å². The molecule has 0 amide bonds. The number of H-pyrrole nitrogens is 1. The van der Waals surface area contributed by atoms with Gasteiger partial charge >= 0.3 is 0 Å². The van der Waals surface area contributed by atoms with Gasteiger partial charge in [-0.15, -0.1) is 0 Å². The molecule has 2 aromatic rings. The topological polar surface area (TPSA) is 36.0 Å². The number of benzene rings is 1. The second-order valence-corrected chi connectivity index (χ2v) is 5.00. The van der Waals surface area contributed by atoms with Gasteiger partial charge < -0.3 is 10.1 Å². The van der Waals surface area contributed by atoms with Crippen molar-refractivity contribution in [2.75, 3.05) is 0 Å². The Hall–Kier alpha value is -1.28. The number of hydrogen-bond acceptors (Lipinski definition) is 1. The number of aromatic nitrogens is 1. The highest BCUT2D eigenvalue weighted by molar-refractivity contribution is 5.81. The van der Waals surface area contributed by atoms with Gasteiger partial charge in [0.1, 0.15) is 0 Å². The molecule has 2 heteroatoms. The Kier molecular flexibility index (Phi) is 2.31. The molecule has 0 atom stereocenters. The molecular formula is C13H17NO. The minimum atomic E-state index is 0.0690. The summed E-state index contributed by atoms with van der Waals surface area (Å²) >= 11 is 0. The van der Waals surface area contributed by atoms with Crippen molar-refractivity contribution >= 4 is 10.9 Å². The third-order valence-corrected chi connectivity index (χ3v) is 2.71. The van der Waals surface area contributed by atoms with Gasteiger partial charge in [-0.1, -0.05) is 26.8 Å². The molecule has 0 saturated carbocycles. The minimum absolute atomic E-state index is 0.0690. The van der Waals surface area contributed by atoms with E-state index in [2.05, 4.69) is 44.0 Å². The summed E-state index contributed by atoms with van der Waals surface area (Å²) in [6.07, 6.45) is 0. The Morgan fingerprint density at radius 2 is 1.93 bits per heavy atom. The molecule has 0 aliphatic rings. The van der Waals surface area contributed by atoms with E-state index >= 15 is 0 Å². The Bertz CT molecular complexity index is 477. The van der Waals surface area contributed by atoms with Crippen molar-refractivity contribution in [3.63, 3.8) is 0 Å². The van der Waals surface area contributed by atoms with Crippen LogP contribution in [0.4, 0.5) is 0 Å². The van der Waals surface area contributed by atoms with E-state index in [-0.39, 0.29) is 12.0 Å². The van der Waals surface area contributed by atoms with Crippen LogP contribution in [0.2, 0.25) is 0 Å². The van der Waals surface area contributed by atoms with Gasteiger partial charge in [0.15, 0.2) is 0 Å². The SMILES string of the molecule is CC(C)(C)c1ccc2[nH]c(CO)cc2c1. The molecule has 2 nitrogen and oxygen atoms in total. The van der Waals surface area contributed by atoms with Crippen LogP contribution in [0.5, 0.6) is 0 Å². The summed E-state index contributed by atoms with van der Waals surface area (Å²) in [6.45, 7) is 6.68. The molecule has 0 fully saturated rings. The highest BCUT2D eigenvalue weighted by Gasteiger charge is 2.14. The van der Waals surface area contributed by atoms with Gasteiger partial charge in [0.05, 0.1) is 6.61 Å². The van der Waals surface area contributed by atoms with Crippen molar-refractivity contribution < 1.29 is 5.11 Å². The first-order valence-electron chi connectivity index (χ1n) is 5.24. The van der Waals surface area contributed by atoms with Gasteiger partial charge in [0.25, 0.3) is 0 Å². The standard InChI is InChI=1S/C13H17NO/c1-13(2,3)10-4-5-12-9(6-10)7-11(8-15)14-12/h4-7,14-15H,8H2,1-3H3. The van der Waals surface area contributed by atoms with Crippen molar-refractivity contribution in [1.29, 1.82) is 0 Å². The molecule has 0 unspecified atom stereocenters. The van der Waals surface area contributed by atoms with Crippen LogP contribution in [0.15, 0.2) is 24.3 Å². The molecule has 0 spiro atoms. The summed E-state index contributed by atoms with van der Waals surface area (Å²) in [6, 6.07) is 8.41. The molecule has 0 aliphatic carbocycles. The summed E-state index contributed by atoms with van der Waals surface area (Å²) in [4.78, 5) is 3.17. The third-order valence-electron chi connectivity index (χ3n) is 2.71. The Morgan fingerprint density at radius 1 is 1.20 bits per heavy atom. The van der Waals surface area contributed by atoms with Crippen LogP contribution in [0, 0.1) is 0 Å². The first-order valence-corrected chi connectivity index (χ1v) is 5.24. The van der Waals surface area contributed by atoms with E-state index < -0.39 is 0 Å². The average molecular weight is 203 g/mol. The lowest BCUT2D eigenvalue weighted by atomic mass is 9.86. The van der Waals surface area contributed by atoms with Crippen LogP contribution >= 0.6 is 0 Å². The fraction of sp³-hybridized carbons (Fsp3) is 0.385. The number of rotatable bonds is 1. The van der Waals surface area contributed by atoms with Crippen molar-refractivity contribution in [3.8, 4) is 0 Å². The van der Waals surface area contributed by atoms with Crippen LogP contribution in [0.1, 0.15) is 32.0 Å². The summed E-state index contributed by atoms with van der Waals surface area (Å²) in [5, 5.41) is 10.2. The summed E-state index contributed by atoms with van der Waals surface area (Å²) < 4.78 is 0. The van der Waals surface area contributed by atoms with E-state index in [0.717, 1.165) is 11.2 Å². The van der Waals surface area contributed by atoms with E-state index in [1.54, 1.807) is 0 Å². The number of fused-ring (bicyclic) bond motifs is 1. The van der Waals surface area contributed by atoms with Crippen LogP contribution in [0.3, 0.4) is 0 Å². The van der Waals surface area contributed by atoms with Crippen LogP contribution in [-0.2, 0) is 12.0 Å². The fourth-order valence-corrected chi connectivity index (χ4v) is 1.74. The molecule has 0 aliphatic heterocycles. The summed E-state index contributed by atoms with van der Waals surface area (Å²) in [5.74, 6) is 0. The fourth-order valence-electron chi connectivity index (χ4n) is 1.74. The van der Waals surface area contributed by atoms with Crippen molar-refractivity contribution in [1.82, 2.24) is 4.98 Å². The molecule has 0 bridgehead atoms. The van der Waals surface area contributed by atoms with Crippen molar-refractivity contribution in [3.05, 3.63) is 35.5 Å². The van der Waals surface area contributed by atoms with Gasteiger partial charge in [0.2, 0.25) is 0 Å². The molecule has 2 N–H and O–H groups in total. The van der Waals surface area contributed by atoms with Crippen LogP contribution in [-0.4, -0.2) is 10.1 Å². The molecule has 1 aromatic heterocycles. The van der Waals surface area contributed by atoms with Crippen LogP contribution in [0.25, 0.3) is 10.9 Å². The molecular weight excluding hydrogens is 186 g/mol. The molecule has 15 heavy (non-hydrogen) atoms. The molecule has 1 aromatic carbocycles. The van der Waals surface area contributed by atoms with E-state index in [0.29, 0.717) is 0 Å². The van der Waals surface area contributed by atoms with Gasteiger partial charge in [0, 0.05) is 16.6 Å². The first kappa shape index (κ1) is 10.2. The minimum Gasteiger partial charge on any atom is -0.390 e. The molecule has 0 radical (unpaired) electrons. The summed E-state index contributed by atoms with van der Waals surface area (Å²) in [5.41, 5.74) is 3.45. The number of aliphatic hydroxyl groups excluding tert-OH is 1. The highest BCUT2D eigenvalue weighted by Crippen LogP contribution is 2.26. The Morgan fingerprint density at radius 3 is 2.53 bits per heavy atom. The lowest BCUT2D eigenvalue weighted by Gasteiger charge is -2.18.